The predicted octanol–water partition coefficient (Wildman–Crippen LogP) is 3.43. The molecule has 2 aromatic carbocycles. The molecule has 0 unspecified atom stereocenters. The highest BCUT2D eigenvalue weighted by molar-refractivity contribution is 7.91. The van der Waals surface area contributed by atoms with Gasteiger partial charge in [-0.1, -0.05) is 12.1 Å². The Kier molecular flexibility index (Phi) is 4.08. The molecule has 1 saturated heterocycles. The summed E-state index contributed by atoms with van der Waals surface area (Å²) in [6, 6.07) is 13.1. The Morgan fingerprint density at radius 1 is 1.04 bits per heavy atom. The Labute approximate surface area is 149 Å². The molecule has 5 heteroatoms. The van der Waals surface area contributed by atoms with Gasteiger partial charge in [-0.2, -0.15) is 0 Å². The highest BCUT2D eigenvalue weighted by Gasteiger charge is 2.34. The normalized spacial score (nSPS) is 23.4. The molecule has 1 fully saturated rings. The average molecular weight is 356 g/mol. The first-order valence-electron chi connectivity index (χ1n) is 8.86. The van der Waals surface area contributed by atoms with Crippen LogP contribution in [0.15, 0.2) is 52.3 Å². The zero-order valence-corrected chi connectivity index (χ0v) is 15.5. The number of nitrogens with one attached hydrogen (secondary N) is 1. The van der Waals surface area contributed by atoms with Crippen molar-refractivity contribution in [3.63, 3.8) is 0 Å². The number of nitrogens with zero attached hydrogens (tertiary/aromatic N) is 1. The second-order valence-corrected chi connectivity index (χ2v) is 9.26. The monoisotopic (exact) mass is 356 g/mol. The van der Waals surface area contributed by atoms with Crippen LogP contribution >= 0.6 is 0 Å². The maximum atomic E-state index is 13.0. The molecule has 2 atom stereocenters. The third-order valence-electron chi connectivity index (χ3n) is 5.50. The molecule has 4 nitrogen and oxygen atoms in total. The van der Waals surface area contributed by atoms with Crippen LogP contribution in [-0.2, 0) is 9.84 Å². The van der Waals surface area contributed by atoms with Crippen molar-refractivity contribution in [3.8, 4) is 0 Å². The Hall–Kier alpha value is -1.85. The molecule has 25 heavy (non-hydrogen) atoms. The van der Waals surface area contributed by atoms with Gasteiger partial charge >= 0.3 is 0 Å². The molecular formula is C20H24N2O2S. The Morgan fingerprint density at radius 3 is 2.60 bits per heavy atom. The van der Waals surface area contributed by atoms with E-state index in [2.05, 4.69) is 17.3 Å². The Morgan fingerprint density at radius 2 is 1.80 bits per heavy atom. The van der Waals surface area contributed by atoms with Gasteiger partial charge in [-0.15, -0.1) is 0 Å². The molecular weight excluding hydrogens is 332 g/mol. The van der Waals surface area contributed by atoms with Crippen LogP contribution in [0.25, 0.3) is 0 Å². The molecule has 0 radical (unpaired) electrons. The van der Waals surface area contributed by atoms with Crippen molar-refractivity contribution in [3.05, 3.63) is 53.6 Å². The van der Waals surface area contributed by atoms with E-state index >= 15 is 0 Å². The maximum Gasteiger partial charge on any atom is 0.206 e. The number of hydrogen-bond donors (Lipinski definition) is 1. The smallest absolute Gasteiger partial charge is 0.206 e. The minimum Gasteiger partial charge on any atom is -0.381 e. The quantitative estimate of drug-likeness (QED) is 0.896. The van der Waals surface area contributed by atoms with Gasteiger partial charge in [0.25, 0.3) is 0 Å². The van der Waals surface area contributed by atoms with E-state index in [-0.39, 0.29) is 0 Å². The average Bonchev–Trinajstić information content (AvgIpc) is 2.84. The van der Waals surface area contributed by atoms with Gasteiger partial charge in [-0.3, -0.25) is 0 Å². The second-order valence-electron chi connectivity index (χ2n) is 7.31. The number of rotatable bonds is 2. The van der Waals surface area contributed by atoms with E-state index in [9.17, 15) is 8.42 Å². The lowest BCUT2D eigenvalue weighted by atomic mass is 9.91. The number of likely N-dealkylation sites (tertiary alicyclic amines) is 1. The molecule has 4 rings (SSSR count). The molecule has 0 bridgehead atoms. The minimum atomic E-state index is -3.48. The summed E-state index contributed by atoms with van der Waals surface area (Å²) in [4.78, 5) is 3.12. The van der Waals surface area contributed by atoms with Crippen LogP contribution in [-0.4, -0.2) is 39.5 Å². The lowest BCUT2D eigenvalue weighted by Gasteiger charge is -2.16. The molecule has 0 aliphatic carbocycles. The van der Waals surface area contributed by atoms with E-state index in [1.165, 1.54) is 0 Å². The second kappa shape index (κ2) is 6.15. The third-order valence-corrected chi connectivity index (χ3v) is 7.25. The number of fused-ring (bicyclic) bond motifs is 3. The third kappa shape index (κ3) is 2.96. The van der Waals surface area contributed by atoms with E-state index in [4.69, 9.17) is 0 Å². The first kappa shape index (κ1) is 16.6. The topological polar surface area (TPSA) is 49.4 Å². The van der Waals surface area contributed by atoms with Crippen LogP contribution in [0.5, 0.6) is 0 Å². The molecule has 0 saturated carbocycles. The van der Waals surface area contributed by atoms with Crippen molar-refractivity contribution in [2.24, 2.45) is 0 Å². The molecule has 0 aromatic heterocycles. The lowest BCUT2D eigenvalue weighted by molar-refractivity contribution is 0.346. The summed E-state index contributed by atoms with van der Waals surface area (Å²) >= 11 is 0. The van der Waals surface area contributed by atoms with Gasteiger partial charge in [0.05, 0.1) is 9.79 Å². The summed E-state index contributed by atoms with van der Waals surface area (Å²) in [6.45, 7) is 4.05. The van der Waals surface area contributed by atoms with Gasteiger partial charge in [0.15, 0.2) is 0 Å². The zero-order valence-electron chi connectivity index (χ0n) is 14.7. The van der Waals surface area contributed by atoms with Crippen LogP contribution < -0.4 is 5.32 Å². The first-order valence-corrected chi connectivity index (χ1v) is 10.3. The lowest BCUT2D eigenvalue weighted by Crippen LogP contribution is -2.22. The molecule has 2 aromatic rings. The predicted molar refractivity (Wildman–Crippen MR) is 100.0 cm³/mol. The highest BCUT2D eigenvalue weighted by atomic mass is 32.2. The number of sulfone groups is 1. The van der Waals surface area contributed by atoms with Gasteiger partial charge in [-0.05, 0) is 81.4 Å². The van der Waals surface area contributed by atoms with Crippen molar-refractivity contribution in [1.82, 2.24) is 4.90 Å². The van der Waals surface area contributed by atoms with Crippen LogP contribution in [0.4, 0.5) is 5.69 Å². The van der Waals surface area contributed by atoms with E-state index in [0.29, 0.717) is 21.8 Å². The number of anilines is 1. The molecule has 2 aliphatic rings. The largest absolute Gasteiger partial charge is 0.381 e. The van der Waals surface area contributed by atoms with Crippen molar-refractivity contribution in [1.29, 1.82) is 0 Å². The summed E-state index contributed by atoms with van der Waals surface area (Å²) < 4.78 is 26.1. The Bertz CT molecular complexity index is 908. The van der Waals surface area contributed by atoms with Crippen molar-refractivity contribution >= 4 is 15.5 Å². The first-order chi connectivity index (χ1) is 11.9. The molecule has 2 heterocycles. The minimum absolute atomic E-state index is 0.371. The summed E-state index contributed by atoms with van der Waals surface area (Å²) in [7, 11) is -1.33. The van der Waals surface area contributed by atoms with Crippen LogP contribution in [0.2, 0.25) is 0 Å². The van der Waals surface area contributed by atoms with Crippen molar-refractivity contribution in [2.45, 2.75) is 41.5 Å². The van der Waals surface area contributed by atoms with Gasteiger partial charge in [-0.25, -0.2) is 8.42 Å². The fourth-order valence-corrected chi connectivity index (χ4v) is 5.44. The number of aryl methyl sites for hydroxylation is 1. The zero-order chi connectivity index (χ0) is 17.6. The summed E-state index contributed by atoms with van der Waals surface area (Å²) in [5.74, 6) is 0.396. The summed E-state index contributed by atoms with van der Waals surface area (Å²) in [6.07, 6.45) is 2.16. The Balaban J connectivity index is 1.73. The van der Waals surface area contributed by atoms with Gasteiger partial charge < -0.3 is 10.2 Å². The van der Waals surface area contributed by atoms with Crippen LogP contribution in [0.1, 0.15) is 29.9 Å². The van der Waals surface area contributed by atoms with E-state index in [1.807, 2.05) is 25.1 Å². The number of hydrogen-bond acceptors (Lipinski definition) is 4. The highest BCUT2D eigenvalue weighted by Crippen LogP contribution is 2.42. The molecule has 132 valence electrons. The van der Waals surface area contributed by atoms with Crippen LogP contribution in [0.3, 0.4) is 0 Å². The van der Waals surface area contributed by atoms with Crippen molar-refractivity contribution < 1.29 is 8.42 Å². The maximum absolute atomic E-state index is 13.0. The summed E-state index contributed by atoms with van der Waals surface area (Å²) in [5.41, 5.74) is 3.22. The van der Waals surface area contributed by atoms with E-state index in [1.54, 1.807) is 24.3 Å². The standard InChI is InChI=1S/C20H24N2O2S/c1-14-4-3-5-15(12-14)25(23,24)16-6-7-19-18(13-16)17-8-10-22(2)11-9-20(17)21-19/h3-7,12-13,17,20-21H,8-11H2,1-2H3/t17-,20+/m0/s1. The van der Waals surface area contributed by atoms with Crippen molar-refractivity contribution in [2.75, 3.05) is 25.5 Å². The SMILES string of the molecule is Cc1cccc(S(=O)(=O)c2ccc3c(c2)[C@@H]2CCN(C)CC[C@H]2N3)c1. The van der Waals surface area contributed by atoms with Gasteiger partial charge in [0.2, 0.25) is 9.84 Å². The molecule has 0 spiro atoms. The molecule has 2 aliphatic heterocycles. The van der Waals surface area contributed by atoms with Gasteiger partial charge in [0, 0.05) is 17.6 Å². The fourth-order valence-electron chi connectivity index (χ4n) is 4.04. The van der Waals surface area contributed by atoms with Gasteiger partial charge in [0.1, 0.15) is 0 Å². The number of benzene rings is 2. The fraction of sp³-hybridized carbons (Fsp3) is 0.400. The van der Waals surface area contributed by atoms with E-state index in [0.717, 1.165) is 42.7 Å². The van der Waals surface area contributed by atoms with Crippen LogP contribution in [0, 0.1) is 6.92 Å². The molecule has 1 N–H and O–H groups in total. The van der Waals surface area contributed by atoms with E-state index < -0.39 is 9.84 Å². The molecule has 0 amide bonds. The summed E-state index contributed by atoms with van der Waals surface area (Å²) in [5, 5.41) is 3.60.